The zero-order chi connectivity index (χ0) is 14.0. The minimum absolute atomic E-state index is 0.390. The lowest BCUT2D eigenvalue weighted by Crippen LogP contribution is -1.97. The van der Waals surface area contributed by atoms with Crippen molar-refractivity contribution in [3.8, 4) is 28.8 Å². The molecule has 2 N–H and O–H groups in total. The van der Waals surface area contributed by atoms with Crippen molar-refractivity contribution in [3.63, 3.8) is 0 Å². The first-order valence-electron chi connectivity index (χ1n) is 5.56. The Balaban J connectivity index is 2.62. The molecular formula is C13H14N4O2. The van der Waals surface area contributed by atoms with E-state index in [0.29, 0.717) is 28.6 Å². The number of methoxy groups -OCH3 is 2. The summed E-state index contributed by atoms with van der Waals surface area (Å²) in [5.74, 6) is 1.45. The molecule has 6 nitrogen and oxygen atoms in total. The van der Waals surface area contributed by atoms with Crippen molar-refractivity contribution in [3.05, 3.63) is 23.8 Å². The molecule has 19 heavy (non-hydrogen) atoms. The van der Waals surface area contributed by atoms with Crippen LogP contribution in [-0.4, -0.2) is 24.0 Å². The van der Waals surface area contributed by atoms with Crippen LogP contribution in [0.25, 0.3) is 11.3 Å². The van der Waals surface area contributed by atoms with Gasteiger partial charge in [-0.25, -0.2) is 0 Å². The SMILES string of the molecule is COc1cc(-c2cc(N)n(C)n2)cc(C#N)c1OC. The fourth-order valence-electron chi connectivity index (χ4n) is 1.82. The van der Waals surface area contributed by atoms with Crippen LogP contribution in [0.3, 0.4) is 0 Å². The van der Waals surface area contributed by atoms with E-state index in [4.69, 9.17) is 20.5 Å². The lowest BCUT2D eigenvalue weighted by Gasteiger charge is -2.10. The Kier molecular flexibility index (Phi) is 3.29. The Morgan fingerprint density at radius 1 is 1.26 bits per heavy atom. The number of rotatable bonds is 3. The molecule has 0 aliphatic carbocycles. The van der Waals surface area contributed by atoms with Gasteiger partial charge in [-0.2, -0.15) is 10.4 Å². The van der Waals surface area contributed by atoms with Crippen LogP contribution in [0.2, 0.25) is 0 Å². The maximum Gasteiger partial charge on any atom is 0.178 e. The molecule has 0 spiro atoms. The third-order valence-electron chi connectivity index (χ3n) is 2.81. The lowest BCUT2D eigenvalue weighted by molar-refractivity contribution is 0.354. The molecule has 0 atom stereocenters. The van der Waals surface area contributed by atoms with E-state index in [2.05, 4.69) is 11.2 Å². The number of ether oxygens (including phenoxy) is 2. The van der Waals surface area contributed by atoms with Crippen LogP contribution in [0.5, 0.6) is 11.5 Å². The van der Waals surface area contributed by atoms with Gasteiger partial charge in [0.15, 0.2) is 11.5 Å². The Hall–Kier alpha value is -2.68. The molecule has 2 rings (SSSR count). The van der Waals surface area contributed by atoms with Gasteiger partial charge in [-0.05, 0) is 12.1 Å². The quantitative estimate of drug-likeness (QED) is 0.902. The number of aromatic nitrogens is 2. The van der Waals surface area contributed by atoms with Crippen LogP contribution in [-0.2, 0) is 7.05 Å². The molecule has 1 aromatic heterocycles. The molecule has 0 saturated heterocycles. The Morgan fingerprint density at radius 2 is 2.00 bits per heavy atom. The predicted molar refractivity (Wildman–Crippen MR) is 70.9 cm³/mol. The summed E-state index contributed by atoms with van der Waals surface area (Å²) < 4.78 is 12.0. The lowest BCUT2D eigenvalue weighted by atomic mass is 10.1. The standard InChI is InChI=1S/C13H14N4O2/c1-17-12(15)6-10(16-17)8-4-9(7-14)13(19-3)11(5-8)18-2/h4-6H,15H2,1-3H3. The van der Waals surface area contributed by atoms with Gasteiger partial charge in [0, 0.05) is 18.7 Å². The zero-order valence-electron chi connectivity index (χ0n) is 11.0. The van der Waals surface area contributed by atoms with Gasteiger partial charge in [-0.15, -0.1) is 0 Å². The molecule has 6 heteroatoms. The van der Waals surface area contributed by atoms with Gasteiger partial charge < -0.3 is 15.2 Å². The Bertz CT molecular complexity index is 636. The van der Waals surface area contributed by atoms with E-state index in [1.54, 1.807) is 29.9 Å². The summed E-state index contributed by atoms with van der Waals surface area (Å²) in [6, 6.07) is 7.28. The van der Waals surface area contributed by atoms with Crippen molar-refractivity contribution in [2.24, 2.45) is 7.05 Å². The van der Waals surface area contributed by atoms with Gasteiger partial charge in [-0.1, -0.05) is 0 Å². The van der Waals surface area contributed by atoms with Gasteiger partial charge in [0.1, 0.15) is 11.9 Å². The maximum atomic E-state index is 9.16. The topological polar surface area (TPSA) is 86.1 Å². The number of anilines is 1. The van der Waals surface area contributed by atoms with E-state index in [1.807, 2.05) is 0 Å². The molecule has 0 aliphatic heterocycles. The summed E-state index contributed by atoms with van der Waals surface area (Å²) in [7, 11) is 4.78. The van der Waals surface area contributed by atoms with E-state index in [9.17, 15) is 0 Å². The Morgan fingerprint density at radius 3 is 2.47 bits per heavy atom. The van der Waals surface area contributed by atoms with Gasteiger partial charge in [0.25, 0.3) is 0 Å². The average Bonchev–Trinajstić information content (AvgIpc) is 2.76. The number of nitrogens with zero attached hydrogens (tertiary/aromatic N) is 3. The summed E-state index contributed by atoms with van der Waals surface area (Å²) >= 11 is 0. The minimum Gasteiger partial charge on any atom is -0.493 e. The van der Waals surface area contributed by atoms with Crippen LogP contribution in [0.1, 0.15) is 5.56 Å². The van der Waals surface area contributed by atoms with Gasteiger partial charge in [-0.3, -0.25) is 4.68 Å². The van der Waals surface area contributed by atoms with Crippen LogP contribution in [0, 0.1) is 11.3 Å². The highest BCUT2D eigenvalue weighted by atomic mass is 16.5. The number of hydrogen-bond acceptors (Lipinski definition) is 5. The van der Waals surface area contributed by atoms with Crippen molar-refractivity contribution >= 4 is 5.82 Å². The first kappa shape index (κ1) is 12.8. The molecule has 1 aromatic carbocycles. The Labute approximate surface area is 111 Å². The molecule has 0 radical (unpaired) electrons. The molecule has 1 heterocycles. The number of nitrogens with two attached hydrogens (primary N) is 1. The number of benzene rings is 1. The van der Waals surface area contributed by atoms with Crippen molar-refractivity contribution in [2.45, 2.75) is 0 Å². The molecular weight excluding hydrogens is 244 g/mol. The summed E-state index contributed by atoms with van der Waals surface area (Å²) in [5, 5.41) is 13.4. The number of hydrogen-bond donors (Lipinski definition) is 1. The maximum absolute atomic E-state index is 9.16. The van der Waals surface area contributed by atoms with Crippen LogP contribution in [0.4, 0.5) is 5.82 Å². The molecule has 2 aromatic rings. The summed E-state index contributed by atoms with van der Waals surface area (Å²) in [6.45, 7) is 0. The van der Waals surface area contributed by atoms with Crippen molar-refractivity contribution in [2.75, 3.05) is 20.0 Å². The van der Waals surface area contributed by atoms with Crippen molar-refractivity contribution in [1.82, 2.24) is 9.78 Å². The van der Waals surface area contributed by atoms with E-state index < -0.39 is 0 Å². The van der Waals surface area contributed by atoms with Gasteiger partial charge in [0.2, 0.25) is 0 Å². The van der Waals surface area contributed by atoms with E-state index in [-0.39, 0.29) is 0 Å². The highest BCUT2D eigenvalue weighted by Gasteiger charge is 2.15. The number of nitriles is 1. The van der Waals surface area contributed by atoms with Gasteiger partial charge in [0.05, 0.1) is 25.5 Å². The van der Waals surface area contributed by atoms with Crippen molar-refractivity contribution in [1.29, 1.82) is 5.26 Å². The summed E-state index contributed by atoms with van der Waals surface area (Å²) in [6.07, 6.45) is 0. The third kappa shape index (κ3) is 2.18. The summed E-state index contributed by atoms with van der Waals surface area (Å²) in [4.78, 5) is 0. The molecule has 0 unspecified atom stereocenters. The first-order valence-corrected chi connectivity index (χ1v) is 5.56. The van der Waals surface area contributed by atoms with Gasteiger partial charge >= 0.3 is 0 Å². The molecule has 98 valence electrons. The van der Waals surface area contributed by atoms with E-state index >= 15 is 0 Å². The highest BCUT2D eigenvalue weighted by molar-refractivity contribution is 5.70. The summed E-state index contributed by atoms with van der Waals surface area (Å²) in [5.41, 5.74) is 7.57. The third-order valence-corrected chi connectivity index (χ3v) is 2.81. The molecule has 0 saturated carbocycles. The number of aryl methyl sites for hydroxylation is 1. The molecule has 0 aliphatic rings. The predicted octanol–water partition coefficient (Wildman–Crippen LogP) is 1.56. The molecule has 0 amide bonds. The van der Waals surface area contributed by atoms with Crippen molar-refractivity contribution < 1.29 is 9.47 Å². The second-order valence-corrected chi connectivity index (χ2v) is 3.95. The van der Waals surface area contributed by atoms with Crippen LogP contribution in [0.15, 0.2) is 18.2 Å². The normalized spacial score (nSPS) is 10.0. The number of nitrogen functional groups attached to an aromatic ring is 1. The molecule has 0 fully saturated rings. The zero-order valence-corrected chi connectivity index (χ0v) is 11.0. The smallest absolute Gasteiger partial charge is 0.178 e. The second kappa shape index (κ2) is 4.90. The van der Waals surface area contributed by atoms with E-state index in [0.717, 1.165) is 5.56 Å². The molecule has 0 bridgehead atoms. The fourth-order valence-corrected chi connectivity index (χ4v) is 1.82. The van der Waals surface area contributed by atoms with Crippen LogP contribution < -0.4 is 15.2 Å². The average molecular weight is 258 g/mol. The van der Waals surface area contributed by atoms with Crippen LogP contribution >= 0.6 is 0 Å². The first-order chi connectivity index (χ1) is 9.10. The van der Waals surface area contributed by atoms with E-state index in [1.165, 1.54) is 14.2 Å². The fraction of sp³-hybridized carbons (Fsp3) is 0.231. The second-order valence-electron chi connectivity index (χ2n) is 3.95. The highest BCUT2D eigenvalue weighted by Crippen LogP contribution is 2.35. The minimum atomic E-state index is 0.390. The monoisotopic (exact) mass is 258 g/mol. The largest absolute Gasteiger partial charge is 0.493 e.